The first-order valence-corrected chi connectivity index (χ1v) is 8.70. The molecule has 3 rings (SSSR count). The van der Waals surface area contributed by atoms with E-state index in [4.69, 9.17) is 16.6 Å². The highest BCUT2D eigenvalue weighted by molar-refractivity contribution is 7.80. The first-order valence-electron chi connectivity index (χ1n) is 8.29. The number of likely N-dealkylation sites (tertiary alicyclic amines) is 1. The number of nitrogens with zero attached hydrogens (tertiary/aromatic N) is 1. The lowest BCUT2D eigenvalue weighted by Crippen LogP contribution is -2.50. The van der Waals surface area contributed by atoms with Crippen molar-refractivity contribution < 1.29 is 18.8 Å². The van der Waals surface area contributed by atoms with Crippen molar-refractivity contribution in [2.24, 2.45) is 5.92 Å². The number of furan rings is 1. The second-order valence-electron chi connectivity index (χ2n) is 6.02. The first kappa shape index (κ1) is 18.6. The van der Waals surface area contributed by atoms with Gasteiger partial charge < -0.3 is 9.32 Å². The molecular formula is C18H18N4O4S. The molecule has 2 aromatic rings. The number of hydrazine groups is 1. The van der Waals surface area contributed by atoms with Crippen LogP contribution < -0.4 is 16.2 Å². The van der Waals surface area contributed by atoms with Crippen molar-refractivity contribution >= 4 is 35.1 Å². The quantitative estimate of drug-likeness (QED) is 0.534. The molecule has 0 bridgehead atoms. The Hall–Kier alpha value is -3.20. The van der Waals surface area contributed by atoms with Crippen LogP contribution in [0.2, 0.25) is 0 Å². The van der Waals surface area contributed by atoms with Gasteiger partial charge in [-0.15, -0.1) is 0 Å². The van der Waals surface area contributed by atoms with Crippen molar-refractivity contribution in [2.45, 2.75) is 13.0 Å². The molecule has 3 N–H and O–H groups in total. The van der Waals surface area contributed by atoms with Crippen molar-refractivity contribution in [1.82, 2.24) is 21.1 Å². The number of nitrogens with one attached hydrogen (secondary N) is 3. The smallest absolute Gasteiger partial charge is 0.257 e. The molecule has 9 heteroatoms. The van der Waals surface area contributed by atoms with Gasteiger partial charge in [-0.1, -0.05) is 18.2 Å². The lowest BCUT2D eigenvalue weighted by Gasteiger charge is -2.16. The van der Waals surface area contributed by atoms with Crippen LogP contribution in [0.4, 0.5) is 0 Å². The Labute approximate surface area is 160 Å². The van der Waals surface area contributed by atoms with Gasteiger partial charge in [-0.3, -0.25) is 30.6 Å². The third-order valence-corrected chi connectivity index (χ3v) is 4.28. The van der Waals surface area contributed by atoms with E-state index in [2.05, 4.69) is 16.2 Å². The van der Waals surface area contributed by atoms with E-state index in [0.717, 1.165) is 0 Å². The summed E-state index contributed by atoms with van der Waals surface area (Å²) in [7, 11) is 0. The second-order valence-corrected chi connectivity index (χ2v) is 6.43. The molecule has 2 heterocycles. The average Bonchev–Trinajstić information content (AvgIpc) is 3.31. The minimum atomic E-state index is -0.507. The zero-order chi connectivity index (χ0) is 19.2. The van der Waals surface area contributed by atoms with E-state index < -0.39 is 5.92 Å². The molecule has 3 amide bonds. The van der Waals surface area contributed by atoms with E-state index in [1.54, 1.807) is 47.4 Å². The molecule has 1 atom stereocenters. The number of hydrogen-bond donors (Lipinski definition) is 3. The van der Waals surface area contributed by atoms with E-state index >= 15 is 0 Å². The summed E-state index contributed by atoms with van der Waals surface area (Å²) in [5.41, 5.74) is 5.37. The van der Waals surface area contributed by atoms with Crippen LogP contribution in [0.3, 0.4) is 0 Å². The highest BCUT2D eigenvalue weighted by atomic mass is 32.1. The van der Waals surface area contributed by atoms with Crippen LogP contribution in [0.1, 0.15) is 22.5 Å². The topological polar surface area (TPSA) is 104 Å². The molecule has 140 valence electrons. The van der Waals surface area contributed by atoms with Gasteiger partial charge >= 0.3 is 0 Å². The Balaban J connectivity index is 1.44. The lowest BCUT2D eigenvalue weighted by molar-refractivity contribution is -0.129. The van der Waals surface area contributed by atoms with Gasteiger partial charge in [0.25, 0.3) is 5.91 Å². The zero-order valence-electron chi connectivity index (χ0n) is 14.3. The summed E-state index contributed by atoms with van der Waals surface area (Å²) in [5.74, 6) is -0.726. The molecule has 1 fully saturated rings. The van der Waals surface area contributed by atoms with Gasteiger partial charge in [0.1, 0.15) is 5.76 Å². The van der Waals surface area contributed by atoms with Gasteiger partial charge in [-0.25, -0.2) is 0 Å². The number of amides is 3. The molecule has 0 aliphatic carbocycles. The summed E-state index contributed by atoms with van der Waals surface area (Å²) >= 11 is 5.00. The highest BCUT2D eigenvalue weighted by Gasteiger charge is 2.34. The fourth-order valence-corrected chi connectivity index (χ4v) is 2.85. The van der Waals surface area contributed by atoms with E-state index in [1.165, 1.54) is 6.26 Å². The van der Waals surface area contributed by atoms with E-state index in [0.29, 0.717) is 17.9 Å². The number of hydrogen-bond acceptors (Lipinski definition) is 5. The zero-order valence-corrected chi connectivity index (χ0v) is 15.1. The molecule has 0 saturated carbocycles. The van der Waals surface area contributed by atoms with Gasteiger partial charge in [-0.05, 0) is 36.5 Å². The number of thiocarbonyl (C=S) groups is 1. The van der Waals surface area contributed by atoms with Crippen LogP contribution in [0, 0.1) is 5.92 Å². The molecule has 27 heavy (non-hydrogen) atoms. The monoisotopic (exact) mass is 386 g/mol. The molecule has 1 aliphatic rings. The number of carbonyl (C=O) groups excluding carboxylic acids is 3. The average molecular weight is 386 g/mol. The van der Waals surface area contributed by atoms with Gasteiger partial charge in [0.2, 0.25) is 11.8 Å². The molecule has 0 radical (unpaired) electrons. The molecule has 1 unspecified atom stereocenters. The third-order valence-electron chi connectivity index (χ3n) is 4.07. The maximum Gasteiger partial charge on any atom is 0.257 e. The third kappa shape index (κ3) is 4.91. The Morgan fingerprint density at radius 1 is 1.15 bits per heavy atom. The summed E-state index contributed by atoms with van der Waals surface area (Å²) < 4.78 is 5.23. The summed E-state index contributed by atoms with van der Waals surface area (Å²) in [6.07, 6.45) is 1.64. The van der Waals surface area contributed by atoms with Crippen molar-refractivity contribution in [1.29, 1.82) is 0 Å². The molecule has 1 aliphatic heterocycles. The van der Waals surface area contributed by atoms with Crippen molar-refractivity contribution in [2.75, 3.05) is 6.54 Å². The summed E-state index contributed by atoms with van der Waals surface area (Å²) in [4.78, 5) is 37.9. The molecule has 0 spiro atoms. The summed E-state index contributed by atoms with van der Waals surface area (Å²) in [5, 5.41) is 2.43. The molecular weight excluding hydrogens is 368 g/mol. The predicted molar refractivity (Wildman–Crippen MR) is 100 cm³/mol. The second kappa shape index (κ2) is 8.45. The van der Waals surface area contributed by atoms with Crippen molar-refractivity contribution in [3.63, 3.8) is 0 Å². The Kier molecular flexibility index (Phi) is 5.82. The normalized spacial score (nSPS) is 16.1. The van der Waals surface area contributed by atoms with Crippen LogP contribution in [0.5, 0.6) is 0 Å². The fourth-order valence-electron chi connectivity index (χ4n) is 2.71. The first-order chi connectivity index (χ1) is 13.0. The Morgan fingerprint density at radius 2 is 1.93 bits per heavy atom. The van der Waals surface area contributed by atoms with E-state index in [9.17, 15) is 14.4 Å². The maximum absolute atomic E-state index is 12.3. The van der Waals surface area contributed by atoms with Crippen LogP contribution in [0.25, 0.3) is 0 Å². The number of rotatable bonds is 4. The molecule has 1 aromatic carbocycles. The minimum absolute atomic E-state index is 0.0334. The van der Waals surface area contributed by atoms with Crippen LogP contribution in [0.15, 0.2) is 53.1 Å². The fraction of sp³-hybridized carbons (Fsp3) is 0.222. The largest absolute Gasteiger partial charge is 0.467 e. The Morgan fingerprint density at radius 3 is 2.63 bits per heavy atom. The van der Waals surface area contributed by atoms with E-state index in [1.807, 2.05) is 0 Å². The van der Waals surface area contributed by atoms with Crippen molar-refractivity contribution in [3.8, 4) is 0 Å². The molecule has 1 saturated heterocycles. The van der Waals surface area contributed by atoms with Gasteiger partial charge in [-0.2, -0.15) is 0 Å². The summed E-state index contributed by atoms with van der Waals surface area (Å²) in [6.45, 7) is 0.616. The summed E-state index contributed by atoms with van der Waals surface area (Å²) in [6, 6.07) is 12.1. The standard InChI is InChI=1S/C18H18N4O4S/c23-15-9-13(10-22(15)11-14-7-4-8-26-14)17(25)20-21-18(27)19-16(24)12-5-2-1-3-6-12/h1-8,13H,9-11H2,(H,20,25)(H2,19,21,24,27). The van der Waals surface area contributed by atoms with Gasteiger partial charge in [0.15, 0.2) is 5.11 Å². The van der Waals surface area contributed by atoms with Gasteiger partial charge in [0.05, 0.1) is 18.7 Å². The molecule has 1 aromatic heterocycles. The maximum atomic E-state index is 12.3. The predicted octanol–water partition coefficient (Wildman–Crippen LogP) is 0.964. The Bertz CT molecular complexity index is 838. The highest BCUT2D eigenvalue weighted by Crippen LogP contribution is 2.20. The SMILES string of the molecule is O=C(NC(=S)NNC(=O)C1CC(=O)N(Cc2ccco2)C1)c1ccccc1. The minimum Gasteiger partial charge on any atom is -0.467 e. The van der Waals surface area contributed by atoms with Gasteiger partial charge in [0, 0.05) is 18.5 Å². The van der Waals surface area contributed by atoms with E-state index in [-0.39, 0.29) is 35.8 Å². The molecule has 8 nitrogen and oxygen atoms in total. The lowest BCUT2D eigenvalue weighted by atomic mass is 10.1. The number of benzene rings is 1. The van der Waals surface area contributed by atoms with Crippen LogP contribution in [-0.4, -0.2) is 34.3 Å². The van der Waals surface area contributed by atoms with Crippen LogP contribution >= 0.6 is 12.2 Å². The van der Waals surface area contributed by atoms with Crippen molar-refractivity contribution in [3.05, 3.63) is 60.1 Å². The number of carbonyl (C=O) groups is 3. The van der Waals surface area contributed by atoms with Crippen LogP contribution in [-0.2, 0) is 16.1 Å².